The van der Waals surface area contributed by atoms with Crippen molar-refractivity contribution in [2.75, 3.05) is 4.90 Å². The molecule has 0 spiro atoms. The van der Waals surface area contributed by atoms with Gasteiger partial charge in [0.1, 0.15) is 0 Å². The van der Waals surface area contributed by atoms with Crippen molar-refractivity contribution in [2.24, 2.45) is 5.73 Å². The summed E-state index contributed by atoms with van der Waals surface area (Å²) >= 11 is 0. The fraction of sp³-hybridized carbons (Fsp3) is 0.286. The fourth-order valence-electron chi connectivity index (χ4n) is 3.73. The maximum atomic E-state index is 11.9. The van der Waals surface area contributed by atoms with Crippen molar-refractivity contribution in [3.8, 4) is 0 Å². The average Bonchev–Trinajstić information content (AvgIpc) is 3.11. The van der Waals surface area contributed by atoms with Gasteiger partial charge in [-0.15, -0.1) is 10.2 Å². The van der Waals surface area contributed by atoms with Crippen molar-refractivity contribution in [1.82, 2.24) is 10.2 Å². The van der Waals surface area contributed by atoms with Crippen LogP contribution in [0.2, 0.25) is 0 Å². The Morgan fingerprint density at radius 1 is 1.11 bits per heavy atom. The van der Waals surface area contributed by atoms with Crippen LogP contribution in [0.4, 0.5) is 5.69 Å². The molecule has 0 fully saturated rings. The number of fused-ring (bicyclic) bond motifs is 1. The second-order valence-corrected chi connectivity index (χ2v) is 6.98. The molecule has 27 heavy (non-hydrogen) atoms. The lowest BCUT2D eigenvalue weighted by Crippen LogP contribution is -2.41. The maximum Gasteiger partial charge on any atom is 0.235 e. The van der Waals surface area contributed by atoms with Crippen molar-refractivity contribution in [3.63, 3.8) is 0 Å². The van der Waals surface area contributed by atoms with Crippen LogP contribution in [0.25, 0.3) is 0 Å². The van der Waals surface area contributed by atoms with Gasteiger partial charge in [0.25, 0.3) is 0 Å². The SMILES string of the molecule is CC1CC(C(N)=O)c2ccccc2N1Cc1nnc(Cc2ccccc2)o1. The standard InChI is InChI=1S/C21H22N4O2/c1-14-11-17(21(22)26)16-9-5-6-10-18(16)25(14)13-20-24-23-19(27-20)12-15-7-3-2-4-8-15/h2-10,14,17H,11-13H2,1H3,(H2,22,26). The van der Waals surface area contributed by atoms with Crippen LogP contribution in [0.15, 0.2) is 59.0 Å². The van der Waals surface area contributed by atoms with E-state index in [1.54, 1.807) is 0 Å². The number of carbonyl (C=O) groups excluding carboxylic acids is 1. The quantitative estimate of drug-likeness (QED) is 0.754. The Labute approximate surface area is 158 Å². The van der Waals surface area contributed by atoms with Gasteiger partial charge < -0.3 is 15.1 Å². The van der Waals surface area contributed by atoms with Gasteiger partial charge in [-0.25, -0.2) is 0 Å². The molecule has 0 bridgehead atoms. The van der Waals surface area contributed by atoms with E-state index in [1.807, 2.05) is 54.6 Å². The molecule has 2 aromatic carbocycles. The van der Waals surface area contributed by atoms with Crippen LogP contribution in [-0.4, -0.2) is 22.1 Å². The van der Waals surface area contributed by atoms with Gasteiger partial charge in [-0.1, -0.05) is 48.5 Å². The van der Waals surface area contributed by atoms with Gasteiger partial charge in [0, 0.05) is 11.7 Å². The highest BCUT2D eigenvalue weighted by Crippen LogP contribution is 2.38. The van der Waals surface area contributed by atoms with Crippen LogP contribution in [0.3, 0.4) is 0 Å². The van der Waals surface area contributed by atoms with Gasteiger partial charge >= 0.3 is 0 Å². The predicted octanol–water partition coefficient (Wildman–Crippen LogP) is 3.03. The van der Waals surface area contributed by atoms with E-state index in [0.29, 0.717) is 31.2 Å². The lowest BCUT2D eigenvalue weighted by atomic mass is 9.85. The van der Waals surface area contributed by atoms with Crippen LogP contribution in [0.5, 0.6) is 0 Å². The number of nitrogens with two attached hydrogens (primary N) is 1. The Kier molecular flexibility index (Phi) is 4.62. The zero-order valence-corrected chi connectivity index (χ0v) is 15.2. The monoisotopic (exact) mass is 362 g/mol. The predicted molar refractivity (Wildman–Crippen MR) is 102 cm³/mol. The lowest BCUT2D eigenvalue weighted by molar-refractivity contribution is -0.119. The molecule has 2 unspecified atom stereocenters. The molecule has 2 heterocycles. The topological polar surface area (TPSA) is 85.3 Å². The highest BCUT2D eigenvalue weighted by molar-refractivity contribution is 5.85. The van der Waals surface area contributed by atoms with Crippen LogP contribution in [0, 0.1) is 0 Å². The summed E-state index contributed by atoms with van der Waals surface area (Å²) in [4.78, 5) is 14.1. The molecule has 0 saturated carbocycles. The first kappa shape index (κ1) is 17.3. The third-order valence-electron chi connectivity index (χ3n) is 5.09. The van der Waals surface area contributed by atoms with E-state index in [4.69, 9.17) is 10.2 Å². The molecule has 1 aromatic heterocycles. The third-order valence-corrected chi connectivity index (χ3v) is 5.09. The van der Waals surface area contributed by atoms with Gasteiger partial charge in [-0.2, -0.15) is 0 Å². The van der Waals surface area contributed by atoms with Gasteiger partial charge in [-0.05, 0) is 30.5 Å². The number of nitrogens with zero attached hydrogens (tertiary/aromatic N) is 3. The van der Waals surface area contributed by atoms with Crippen LogP contribution in [-0.2, 0) is 17.8 Å². The van der Waals surface area contributed by atoms with Gasteiger partial charge in [0.05, 0.1) is 18.9 Å². The molecule has 3 aromatic rings. The molecule has 1 aliphatic rings. The molecule has 4 rings (SSSR count). The van der Waals surface area contributed by atoms with E-state index in [9.17, 15) is 4.79 Å². The average molecular weight is 362 g/mol. The fourth-order valence-corrected chi connectivity index (χ4v) is 3.73. The van der Waals surface area contributed by atoms with Crippen LogP contribution >= 0.6 is 0 Å². The summed E-state index contributed by atoms with van der Waals surface area (Å²) in [6.45, 7) is 2.60. The van der Waals surface area contributed by atoms with Crippen molar-refractivity contribution < 1.29 is 9.21 Å². The van der Waals surface area contributed by atoms with E-state index >= 15 is 0 Å². The normalized spacial score (nSPS) is 18.9. The van der Waals surface area contributed by atoms with Crippen molar-refractivity contribution in [2.45, 2.75) is 38.3 Å². The van der Waals surface area contributed by atoms with E-state index in [-0.39, 0.29) is 17.9 Å². The Morgan fingerprint density at radius 2 is 1.81 bits per heavy atom. The first-order valence-corrected chi connectivity index (χ1v) is 9.12. The first-order valence-electron chi connectivity index (χ1n) is 9.12. The second kappa shape index (κ2) is 7.23. The summed E-state index contributed by atoms with van der Waals surface area (Å²) in [6, 6.07) is 18.1. The Bertz CT molecular complexity index is 938. The largest absolute Gasteiger partial charge is 0.423 e. The maximum absolute atomic E-state index is 11.9. The molecule has 6 nitrogen and oxygen atoms in total. The lowest BCUT2D eigenvalue weighted by Gasteiger charge is -2.39. The Hall–Kier alpha value is -3.15. The molecule has 0 radical (unpaired) electrons. The number of amides is 1. The molecule has 0 saturated heterocycles. The summed E-state index contributed by atoms with van der Waals surface area (Å²) in [6.07, 6.45) is 1.29. The van der Waals surface area contributed by atoms with Crippen molar-refractivity contribution in [3.05, 3.63) is 77.5 Å². The van der Waals surface area contributed by atoms with E-state index in [2.05, 4.69) is 22.0 Å². The molecule has 2 N–H and O–H groups in total. The highest BCUT2D eigenvalue weighted by Gasteiger charge is 2.33. The zero-order chi connectivity index (χ0) is 18.8. The molecule has 2 atom stereocenters. The number of hydrogen-bond acceptors (Lipinski definition) is 5. The van der Waals surface area contributed by atoms with Crippen molar-refractivity contribution in [1.29, 1.82) is 0 Å². The van der Waals surface area contributed by atoms with Crippen LogP contribution < -0.4 is 10.6 Å². The smallest absolute Gasteiger partial charge is 0.235 e. The number of para-hydroxylation sites is 1. The number of benzene rings is 2. The van der Waals surface area contributed by atoms with E-state index < -0.39 is 0 Å². The van der Waals surface area contributed by atoms with Crippen LogP contribution in [0.1, 0.15) is 42.2 Å². The number of aromatic nitrogens is 2. The number of anilines is 1. The summed E-state index contributed by atoms with van der Waals surface area (Å²) in [5.41, 5.74) is 8.72. The third kappa shape index (κ3) is 3.56. The number of carbonyl (C=O) groups is 1. The molecular formula is C21H22N4O2. The van der Waals surface area contributed by atoms with Gasteiger partial charge in [0.15, 0.2) is 0 Å². The molecule has 1 amide bonds. The molecular weight excluding hydrogens is 340 g/mol. The summed E-state index contributed by atoms with van der Waals surface area (Å²) < 4.78 is 5.87. The number of hydrogen-bond donors (Lipinski definition) is 1. The minimum atomic E-state index is -0.281. The van der Waals surface area contributed by atoms with E-state index in [1.165, 1.54) is 0 Å². The molecule has 0 aliphatic carbocycles. The molecule has 1 aliphatic heterocycles. The molecule has 138 valence electrons. The second-order valence-electron chi connectivity index (χ2n) is 6.98. The summed E-state index contributed by atoms with van der Waals surface area (Å²) in [5.74, 6) is 0.630. The van der Waals surface area contributed by atoms with Gasteiger partial charge in [-0.3, -0.25) is 4.79 Å². The minimum Gasteiger partial charge on any atom is -0.423 e. The Morgan fingerprint density at radius 3 is 2.59 bits per heavy atom. The van der Waals surface area contributed by atoms with Gasteiger partial charge in [0.2, 0.25) is 17.7 Å². The number of rotatable bonds is 5. The van der Waals surface area contributed by atoms with Crippen molar-refractivity contribution >= 4 is 11.6 Å². The molecule has 6 heteroatoms. The number of primary amides is 1. The first-order chi connectivity index (χ1) is 13.1. The summed E-state index contributed by atoms with van der Waals surface area (Å²) in [7, 11) is 0. The van der Waals surface area contributed by atoms with E-state index in [0.717, 1.165) is 16.8 Å². The highest BCUT2D eigenvalue weighted by atomic mass is 16.4. The summed E-state index contributed by atoms with van der Waals surface area (Å²) in [5, 5.41) is 8.40. The zero-order valence-electron chi connectivity index (χ0n) is 15.2. The Balaban J connectivity index is 1.55. The minimum absolute atomic E-state index is 0.141.